The van der Waals surface area contributed by atoms with Crippen LogP contribution in [0.1, 0.15) is 84.9 Å². The molecule has 14 nitrogen and oxygen atoms in total. The Bertz CT molecular complexity index is 3300. The lowest BCUT2D eigenvalue weighted by atomic mass is 10.0. The predicted molar refractivity (Wildman–Crippen MR) is 274 cm³/mol. The molecule has 2 amide bonds. The van der Waals surface area contributed by atoms with Crippen LogP contribution in [0.3, 0.4) is 0 Å². The number of aromatic hydroxyl groups is 1. The maximum Gasteiger partial charge on any atom is 0.255 e. The number of rotatable bonds is 16. The fourth-order valence-electron chi connectivity index (χ4n) is 7.85. The first-order valence-electron chi connectivity index (χ1n) is 22.6. The number of hydrogen-bond donors (Lipinski definition) is 6. The van der Waals surface area contributed by atoms with Crippen LogP contribution in [0.5, 0.6) is 11.5 Å². The lowest BCUT2D eigenvalue weighted by Gasteiger charge is -2.39. The van der Waals surface area contributed by atoms with Crippen molar-refractivity contribution in [3.8, 4) is 23.3 Å². The normalized spacial score (nSPS) is 14.2. The first kappa shape index (κ1) is 49.9. The van der Waals surface area contributed by atoms with Crippen LogP contribution in [0.15, 0.2) is 113 Å². The van der Waals surface area contributed by atoms with Crippen molar-refractivity contribution < 1.29 is 32.3 Å². The van der Waals surface area contributed by atoms with E-state index in [9.17, 15) is 27.9 Å². The number of nitrogens with one attached hydrogen (secondary N) is 4. The molecular formula is C53H58N6O8SSi. The third-order valence-electron chi connectivity index (χ3n) is 12.7. The van der Waals surface area contributed by atoms with E-state index in [1.165, 1.54) is 30.5 Å². The molecule has 1 aliphatic rings. The van der Waals surface area contributed by atoms with E-state index >= 15 is 0 Å². The van der Waals surface area contributed by atoms with Crippen LogP contribution in [0.4, 0.5) is 17.1 Å². The summed E-state index contributed by atoms with van der Waals surface area (Å²) in [6.07, 6.45) is 4.23. The summed E-state index contributed by atoms with van der Waals surface area (Å²) in [5.41, 5.74) is 9.93. The van der Waals surface area contributed by atoms with Crippen molar-refractivity contribution in [3.63, 3.8) is 0 Å². The summed E-state index contributed by atoms with van der Waals surface area (Å²) in [5, 5.41) is 20.8. The van der Waals surface area contributed by atoms with E-state index in [1.807, 2.05) is 18.2 Å². The van der Waals surface area contributed by atoms with Crippen molar-refractivity contribution >= 4 is 69.6 Å². The van der Waals surface area contributed by atoms with Gasteiger partial charge in [-0.1, -0.05) is 56.9 Å². The van der Waals surface area contributed by atoms with Gasteiger partial charge in [-0.25, -0.2) is 8.42 Å². The van der Waals surface area contributed by atoms with E-state index in [1.54, 1.807) is 74.7 Å². The second kappa shape index (κ2) is 20.7. The van der Waals surface area contributed by atoms with Gasteiger partial charge in [0.25, 0.3) is 11.8 Å². The number of primary amides is 1. The number of carbonyl (C=O) groups is 2. The molecule has 1 unspecified atom stereocenters. The molecule has 4 aromatic carbocycles. The van der Waals surface area contributed by atoms with Gasteiger partial charge < -0.3 is 40.9 Å². The zero-order chi connectivity index (χ0) is 49.7. The zero-order valence-corrected chi connectivity index (χ0v) is 41.6. The summed E-state index contributed by atoms with van der Waals surface area (Å²) in [5.74, 6) is 5.79. The fourth-order valence-corrected chi connectivity index (χ4v) is 10.8. The molecule has 2 aromatic heterocycles. The third kappa shape index (κ3) is 11.5. The van der Waals surface area contributed by atoms with Crippen molar-refractivity contribution in [2.24, 2.45) is 5.73 Å². The number of phenolic OH excluding ortho intramolecular Hbond substituents is 1. The van der Waals surface area contributed by atoms with Crippen molar-refractivity contribution in [2.45, 2.75) is 81.3 Å². The number of aromatic nitrogens is 2. The smallest absolute Gasteiger partial charge is 0.255 e. The second-order valence-corrected chi connectivity index (χ2v) is 25.5. The molecule has 0 bridgehead atoms. The Hall–Kier alpha value is -7.03. The Balaban J connectivity index is 0.976. The Labute approximate surface area is 403 Å². The molecule has 358 valence electrons. The summed E-state index contributed by atoms with van der Waals surface area (Å²) in [6, 6.07) is 26.8. The molecule has 1 aliphatic carbocycles. The maximum absolute atomic E-state index is 14.3. The van der Waals surface area contributed by atoms with Gasteiger partial charge in [0.1, 0.15) is 11.5 Å². The van der Waals surface area contributed by atoms with Crippen LogP contribution in [0, 0.1) is 11.8 Å². The molecule has 16 heteroatoms. The van der Waals surface area contributed by atoms with E-state index in [4.69, 9.17) is 14.9 Å². The number of benzene rings is 4. The SMILES string of the molecule is COc1cccc(Nc2c(C(N)=O)cnc3c2=CC(S(=O)(=O)c2cccc(C(=O)Nc4ccc(C#CCCCNC[C@H](O[Si](C)(C)C(C)(C)C)c5ccc(O)c6[nH]c(=O)ccc56)cc4)c2)CC=3C)c1. The largest absolute Gasteiger partial charge is 0.506 e. The van der Waals surface area contributed by atoms with Crippen molar-refractivity contribution in [1.29, 1.82) is 0 Å². The van der Waals surface area contributed by atoms with Crippen LogP contribution in [0.2, 0.25) is 18.1 Å². The number of fused-ring (bicyclic) bond motifs is 2. The van der Waals surface area contributed by atoms with Gasteiger partial charge in [-0.3, -0.25) is 19.4 Å². The van der Waals surface area contributed by atoms with E-state index in [0.717, 1.165) is 22.9 Å². The molecule has 2 atom stereocenters. The number of carbonyl (C=O) groups excluding carboxylic acids is 2. The van der Waals surface area contributed by atoms with Crippen LogP contribution in [0.25, 0.3) is 22.6 Å². The average molecular weight is 967 g/mol. The van der Waals surface area contributed by atoms with E-state index in [-0.39, 0.29) is 44.9 Å². The molecule has 69 heavy (non-hydrogen) atoms. The number of nitrogens with two attached hydrogens (primary N) is 1. The number of nitrogens with zero attached hydrogens (tertiary/aromatic N) is 1. The van der Waals surface area contributed by atoms with Gasteiger partial charge in [-0.05, 0) is 122 Å². The number of aromatic amines is 1. The average Bonchev–Trinajstić information content (AvgIpc) is 3.31. The number of unbranched alkanes of at least 4 members (excludes halogenated alkanes) is 1. The van der Waals surface area contributed by atoms with E-state index in [2.05, 4.69) is 71.6 Å². The Morgan fingerprint density at radius 1 is 1.00 bits per heavy atom. The van der Waals surface area contributed by atoms with Crippen LogP contribution >= 0.6 is 0 Å². The summed E-state index contributed by atoms with van der Waals surface area (Å²) < 4.78 is 40.9. The summed E-state index contributed by atoms with van der Waals surface area (Å²) in [6.45, 7) is 14.0. The molecule has 6 aromatic rings. The monoisotopic (exact) mass is 966 g/mol. The van der Waals surface area contributed by atoms with Gasteiger partial charge in [-0.15, -0.1) is 0 Å². The Kier molecular flexibility index (Phi) is 14.9. The van der Waals surface area contributed by atoms with Gasteiger partial charge in [0, 0.05) is 64.4 Å². The highest BCUT2D eigenvalue weighted by atomic mass is 32.2. The van der Waals surface area contributed by atoms with Crippen molar-refractivity contribution in [2.75, 3.05) is 30.8 Å². The van der Waals surface area contributed by atoms with Crippen LogP contribution in [-0.2, 0) is 14.3 Å². The quantitative estimate of drug-likeness (QED) is 0.0319. The minimum absolute atomic E-state index is 0.00799. The predicted octanol–water partition coefficient (Wildman–Crippen LogP) is 7.41. The first-order valence-corrected chi connectivity index (χ1v) is 27.1. The van der Waals surface area contributed by atoms with Gasteiger partial charge in [0.05, 0.1) is 45.5 Å². The number of phenols is 1. The van der Waals surface area contributed by atoms with Crippen LogP contribution in [-0.4, -0.2) is 69.1 Å². The lowest BCUT2D eigenvalue weighted by Crippen LogP contribution is -2.43. The second-order valence-electron chi connectivity index (χ2n) is 18.6. The lowest BCUT2D eigenvalue weighted by molar-refractivity contribution is 0.0997. The number of hydrogen-bond acceptors (Lipinski definition) is 11. The number of sulfone groups is 1. The summed E-state index contributed by atoms with van der Waals surface area (Å²) in [7, 11) is -4.72. The third-order valence-corrected chi connectivity index (χ3v) is 19.2. The highest BCUT2D eigenvalue weighted by Gasteiger charge is 2.40. The topological polar surface area (TPSA) is 215 Å². The molecule has 7 N–H and O–H groups in total. The number of amides is 2. The highest BCUT2D eigenvalue weighted by molar-refractivity contribution is 7.92. The summed E-state index contributed by atoms with van der Waals surface area (Å²) in [4.78, 5) is 45.4. The first-order chi connectivity index (χ1) is 32.7. The fraction of sp³-hybridized carbons (Fsp3) is 0.283. The molecule has 0 spiro atoms. The molecule has 2 heterocycles. The van der Waals surface area contributed by atoms with E-state index < -0.39 is 35.2 Å². The minimum atomic E-state index is -4.05. The number of ether oxygens (including phenoxy) is 1. The standard InChI is InChI=1S/C53H58N6O8SSi/c1-33-27-40(30-43-48(33)56-31-44(51(54)62)49(43)57-37-15-12-16-38(29-37)66-5)68(64,65)39-17-11-14-35(28-39)52(63)58-36-20-18-34(19-21-36)13-9-8-10-26-55-32-46(67-69(6,7)53(2,3)4)41-22-24-45(60)50-42(41)23-25-47(61)59-50/h11-12,14-25,28-31,40,46,55,57,60H,8,10,26-27,32H2,1-7H3,(H2,54,62)(H,58,63)(H,59,61)/t40?,46-/m0/s1. The van der Waals surface area contributed by atoms with Gasteiger partial charge in [-0.2, -0.15) is 0 Å². The Morgan fingerprint density at radius 2 is 1.75 bits per heavy atom. The Morgan fingerprint density at radius 3 is 2.48 bits per heavy atom. The number of anilines is 3. The molecule has 7 rings (SSSR count). The van der Waals surface area contributed by atoms with Crippen molar-refractivity contribution in [1.82, 2.24) is 15.3 Å². The maximum atomic E-state index is 14.3. The minimum Gasteiger partial charge on any atom is -0.506 e. The highest BCUT2D eigenvalue weighted by Crippen LogP contribution is 2.41. The summed E-state index contributed by atoms with van der Waals surface area (Å²) >= 11 is 0. The number of pyridine rings is 2. The number of H-pyrrole nitrogens is 1. The molecule has 0 radical (unpaired) electrons. The van der Waals surface area contributed by atoms with Crippen molar-refractivity contribution in [3.05, 3.63) is 146 Å². The number of methoxy groups -OCH3 is 1. The zero-order valence-electron chi connectivity index (χ0n) is 39.8. The van der Waals surface area contributed by atoms with Gasteiger partial charge >= 0.3 is 0 Å². The van der Waals surface area contributed by atoms with E-state index in [0.29, 0.717) is 64.0 Å². The van der Waals surface area contributed by atoms with Crippen LogP contribution < -0.4 is 42.5 Å². The van der Waals surface area contributed by atoms with Gasteiger partial charge in [0.2, 0.25) is 5.56 Å². The molecule has 0 aliphatic heterocycles. The molecular weight excluding hydrogens is 909 g/mol. The molecule has 0 saturated carbocycles. The van der Waals surface area contributed by atoms with Gasteiger partial charge in [0.15, 0.2) is 18.2 Å². The molecule has 0 saturated heterocycles. The molecule has 0 fully saturated rings.